The predicted molar refractivity (Wildman–Crippen MR) is 105 cm³/mol. The fraction of sp³-hybridized carbons (Fsp3) is 0.611. The molecule has 2 fully saturated rings. The number of carbonyl (C=O) groups excluding carboxylic acids is 1. The summed E-state index contributed by atoms with van der Waals surface area (Å²) in [6.07, 6.45) is 4.83. The Hall–Kier alpha value is -1.49. The summed E-state index contributed by atoms with van der Waals surface area (Å²) in [5.41, 5.74) is 1.34. The van der Waals surface area contributed by atoms with Crippen molar-refractivity contribution in [2.75, 3.05) is 18.5 Å². The minimum atomic E-state index is -0.401. The number of esters is 1. The molecule has 1 saturated carbocycles. The molecule has 0 radical (unpaired) electrons. The highest BCUT2D eigenvalue weighted by atomic mass is 127. The molecule has 2 aromatic heterocycles. The zero-order valence-electron chi connectivity index (χ0n) is 15.3. The van der Waals surface area contributed by atoms with E-state index in [2.05, 4.69) is 44.9 Å². The van der Waals surface area contributed by atoms with Gasteiger partial charge in [-0.1, -0.05) is 6.92 Å². The number of hydrogen-bond donors (Lipinski definition) is 1. The fourth-order valence-corrected chi connectivity index (χ4v) is 4.86. The van der Waals surface area contributed by atoms with Gasteiger partial charge in [0.05, 0.1) is 28.1 Å². The molecule has 0 bridgehead atoms. The van der Waals surface area contributed by atoms with Crippen LogP contribution in [0.1, 0.15) is 45.2 Å². The summed E-state index contributed by atoms with van der Waals surface area (Å²) in [7, 11) is 0. The van der Waals surface area contributed by atoms with Crippen LogP contribution in [0.2, 0.25) is 0 Å². The Kier molecular flexibility index (Phi) is 5.00. The van der Waals surface area contributed by atoms with Crippen LogP contribution >= 0.6 is 22.6 Å². The van der Waals surface area contributed by atoms with E-state index in [-0.39, 0.29) is 23.2 Å². The number of ether oxygens (including phenoxy) is 2. The Morgan fingerprint density at radius 2 is 2.33 bits per heavy atom. The number of aromatic nitrogens is 3. The number of nitrogens with zero attached hydrogens (tertiary/aromatic N) is 3. The monoisotopic (exact) mass is 488 g/mol. The quantitative estimate of drug-likeness (QED) is 0.515. The molecule has 2 aliphatic rings. The normalized spacial score (nSPS) is 24.0. The minimum Gasteiger partial charge on any atom is -0.458 e. The van der Waals surface area contributed by atoms with Gasteiger partial charge in [0.25, 0.3) is 0 Å². The molecular formula is C18H22FIN4O3. The largest absolute Gasteiger partial charge is 0.458 e. The topological polar surface area (TPSA) is 77.8 Å². The molecule has 1 aliphatic heterocycles. The predicted octanol–water partition coefficient (Wildman–Crippen LogP) is 3.05. The molecule has 0 unspecified atom stereocenters. The van der Waals surface area contributed by atoms with Gasteiger partial charge in [-0.15, -0.1) is 5.10 Å². The smallest absolute Gasteiger partial charge is 0.303 e. The average Bonchev–Trinajstić information content (AvgIpc) is 3.39. The summed E-state index contributed by atoms with van der Waals surface area (Å²) < 4.78 is 27.8. The van der Waals surface area contributed by atoms with Crippen molar-refractivity contribution in [2.24, 2.45) is 0 Å². The molecule has 3 heterocycles. The second kappa shape index (κ2) is 7.16. The molecule has 0 aromatic carbocycles. The Morgan fingerprint density at radius 1 is 1.56 bits per heavy atom. The van der Waals surface area contributed by atoms with Gasteiger partial charge < -0.3 is 14.8 Å². The van der Waals surface area contributed by atoms with E-state index in [4.69, 9.17) is 9.47 Å². The second-order valence-electron chi connectivity index (χ2n) is 7.25. The highest BCUT2D eigenvalue weighted by molar-refractivity contribution is 14.1. The molecule has 2 atom stereocenters. The van der Waals surface area contributed by atoms with E-state index in [0.29, 0.717) is 34.7 Å². The molecule has 7 nitrogen and oxygen atoms in total. The first-order valence-corrected chi connectivity index (χ1v) is 10.3. The number of nitrogens with one attached hydrogen (secondary N) is 1. The molecule has 27 heavy (non-hydrogen) atoms. The van der Waals surface area contributed by atoms with E-state index >= 15 is 0 Å². The van der Waals surface area contributed by atoms with Gasteiger partial charge in [-0.25, -0.2) is 13.9 Å². The molecule has 1 aliphatic carbocycles. The summed E-state index contributed by atoms with van der Waals surface area (Å²) in [5, 5.41) is 7.84. The minimum absolute atomic E-state index is 0.00829. The molecule has 1 N–H and O–H groups in total. The van der Waals surface area contributed by atoms with E-state index in [1.165, 1.54) is 13.1 Å². The first-order valence-electron chi connectivity index (χ1n) is 9.20. The summed E-state index contributed by atoms with van der Waals surface area (Å²) in [6, 6.07) is -0.149. The third kappa shape index (κ3) is 3.39. The lowest BCUT2D eigenvalue weighted by atomic mass is 10.00. The summed E-state index contributed by atoms with van der Waals surface area (Å²) in [5.74, 6) is -0.219. The second-order valence-corrected chi connectivity index (χ2v) is 8.33. The van der Waals surface area contributed by atoms with Gasteiger partial charge >= 0.3 is 5.97 Å². The number of fused-ring (bicyclic) bond motifs is 1. The van der Waals surface area contributed by atoms with Crippen molar-refractivity contribution in [1.29, 1.82) is 0 Å². The van der Waals surface area contributed by atoms with E-state index < -0.39 is 6.10 Å². The van der Waals surface area contributed by atoms with Crippen molar-refractivity contribution in [1.82, 2.24) is 14.6 Å². The maximum atomic E-state index is 14.7. The first-order chi connectivity index (χ1) is 12.9. The summed E-state index contributed by atoms with van der Waals surface area (Å²) >= 11 is 2.07. The van der Waals surface area contributed by atoms with Gasteiger partial charge in [-0.2, -0.15) is 0 Å². The van der Waals surface area contributed by atoms with Crippen molar-refractivity contribution >= 4 is 40.0 Å². The van der Waals surface area contributed by atoms with Crippen LogP contribution in [0.25, 0.3) is 5.52 Å². The third-order valence-electron chi connectivity index (χ3n) is 5.54. The van der Waals surface area contributed by atoms with E-state index in [9.17, 15) is 9.18 Å². The molecule has 1 saturated heterocycles. The van der Waals surface area contributed by atoms with Crippen LogP contribution in [-0.4, -0.2) is 45.9 Å². The van der Waals surface area contributed by atoms with Gasteiger partial charge in [0.2, 0.25) is 5.95 Å². The molecule has 0 spiro atoms. The molecule has 2 aromatic rings. The van der Waals surface area contributed by atoms with Crippen molar-refractivity contribution in [2.45, 2.75) is 57.1 Å². The first kappa shape index (κ1) is 18.9. The molecule has 9 heteroatoms. The van der Waals surface area contributed by atoms with Gasteiger partial charge in [0, 0.05) is 18.9 Å². The van der Waals surface area contributed by atoms with Crippen LogP contribution in [0.5, 0.6) is 0 Å². The number of hydrogen-bond acceptors (Lipinski definition) is 6. The fourth-order valence-electron chi connectivity index (χ4n) is 3.79. The Morgan fingerprint density at radius 3 is 3.00 bits per heavy atom. The van der Waals surface area contributed by atoms with Crippen LogP contribution in [0.4, 0.5) is 10.3 Å². The standard InChI is InChI=1S/C18H22FIN4O3/c1-3-18(5-6-18)16-15(20)14(19)12-8-21-17(23-24(12)16)22-11-4-7-26-9-13(11)27-10(2)25/h8,11,13H,3-7,9H2,1-2H3,(H,22,23)/t11-,13-/m1/s1. The average molecular weight is 488 g/mol. The molecular weight excluding hydrogens is 466 g/mol. The van der Waals surface area contributed by atoms with Gasteiger partial charge in [0.1, 0.15) is 11.6 Å². The van der Waals surface area contributed by atoms with E-state index in [0.717, 1.165) is 25.0 Å². The maximum absolute atomic E-state index is 14.7. The lowest BCUT2D eigenvalue weighted by Crippen LogP contribution is -2.44. The van der Waals surface area contributed by atoms with Crippen LogP contribution in [0.15, 0.2) is 6.20 Å². The maximum Gasteiger partial charge on any atom is 0.303 e. The summed E-state index contributed by atoms with van der Waals surface area (Å²) in [6.45, 7) is 4.41. The SMILES string of the molecule is CCC1(c2c(I)c(F)c3cnc(N[C@@H]4CCOC[C@H]4OC(C)=O)nn23)CC1. The van der Waals surface area contributed by atoms with Crippen LogP contribution in [0, 0.1) is 9.39 Å². The molecule has 146 valence electrons. The van der Waals surface area contributed by atoms with Gasteiger partial charge in [-0.05, 0) is 48.3 Å². The van der Waals surface area contributed by atoms with Crippen molar-refractivity contribution in [3.8, 4) is 0 Å². The Labute approximate surface area is 170 Å². The lowest BCUT2D eigenvalue weighted by molar-refractivity contribution is -0.153. The lowest BCUT2D eigenvalue weighted by Gasteiger charge is -2.31. The number of rotatable bonds is 5. The van der Waals surface area contributed by atoms with E-state index in [1.807, 2.05) is 0 Å². The van der Waals surface area contributed by atoms with Crippen molar-refractivity contribution < 1.29 is 18.7 Å². The Balaban J connectivity index is 1.67. The van der Waals surface area contributed by atoms with Crippen LogP contribution < -0.4 is 5.32 Å². The third-order valence-corrected chi connectivity index (χ3v) is 6.52. The van der Waals surface area contributed by atoms with Crippen LogP contribution in [-0.2, 0) is 19.7 Å². The number of anilines is 1. The van der Waals surface area contributed by atoms with Crippen molar-refractivity contribution in [3.63, 3.8) is 0 Å². The number of carbonyl (C=O) groups is 1. The highest BCUT2D eigenvalue weighted by Crippen LogP contribution is 2.53. The molecule has 4 rings (SSSR count). The summed E-state index contributed by atoms with van der Waals surface area (Å²) in [4.78, 5) is 15.6. The van der Waals surface area contributed by atoms with E-state index in [1.54, 1.807) is 4.52 Å². The molecule has 0 amide bonds. The highest BCUT2D eigenvalue weighted by Gasteiger charge is 2.47. The van der Waals surface area contributed by atoms with Crippen molar-refractivity contribution in [3.05, 3.63) is 21.3 Å². The zero-order valence-corrected chi connectivity index (χ0v) is 17.5. The van der Waals surface area contributed by atoms with Crippen LogP contribution in [0.3, 0.4) is 0 Å². The van der Waals surface area contributed by atoms with Gasteiger partial charge in [0.15, 0.2) is 5.82 Å². The zero-order chi connectivity index (χ0) is 19.2. The number of halogens is 2. The Bertz CT molecular complexity index is 883. The van der Waals surface area contributed by atoms with Gasteiger partial charge in [-0.3, -0.25) is 4.79 Å².